The lowest BCUT2D eigenvalue weighted by Crippen LogP contribution is -2.24. The second-order valence-corrected chi connectivity index (χ2v) is 10.0. The molecule has 0 radical (unpaired) electrons. The van der Waals surface area contributed by atoms with E-state index in [1.807, 2.05) is 88.9 Å². The summed E-state index contributed by atoms with van der Waals surface area (Å²) < 4.78 is 18.6. The van der Waals surface area contributed by atoms with Crippen LogP contribution in [0.5, 0.6) is 0 Å². The molecule has 1 aliphatic carbocycles. The summed E-state index contributed by atoms with van der Waals surface area (Å²) in [6.07, 6.45) is 16.2. The van der Waals surface area contributed by atoms with Gasteiger partial charge in [-0.3, -0.25) is 4.90 Å². The number of anilines is 1. The maximum Gasteiger partial charge on any atom is 0.264 e. The van der Waals surface area contributed by atoms with Gasteiger partial charge in [0.05, 0.1) is 24.9 Å². The molecule has 0 spiro atoms. The molecule has 0 saturated carbocycles. The molecule has 2 aromatic carbocycles. The van der Waals surface area contributed by atoms with Crippen LogP contribution < -0.4 is 4.90 Å². The van der Waals surface area contributed by atoms with E-state index in [2.05, 4.69) is 26.0 Å². The molecule has 4 atom stereocenters. The summed E-state index contributed by atoms with van der Waals surface area (Å²) in [5.41, 5.74) is 3.79. The van der Waals surface area contributed by atoms with Gasteiger partial charge in [-0.2, -0.15) is 0 Å². The first kappa shape index (κ1) is 46.9. The van der Waals surface area contributed by atoms with Crippen LogP contribution in [-0.2, 0) is 4.74 Å². The van der Waals surface area contributed by atoms with Gasteiger partial charge in [-0.15, -0.1) is 19.4 Å². The molecule has 7 heteroatoms. The van der Waals surface area contributed by atoms with Crippen molar-refractivity contribution in [2.45, 2.75) is 99.1 Å². The summed E-state index contributed by atoms with van der Waals surface area (Å²) in [7, 11) is 0. The smallest absolute Gasteiger partial charge is 0.264 e. The Morgan fingerprint density at radius 3 is 2.00 bits per heavy atom. The van der Waals surface area contributed by atoms with E-state index >= 15 is 0 Å². The molecular formula is C39H58FNO4S. The Hall–Kier alpha value is -3.54. The predicted octanol–water partition coefficient (Wildman–Crippen LogP) is 9.52. The standard InChI is InChI=1S/C18H18FNO2S.C7H10O.C5H10O.C3H6.2C2H6.C2H2/c19-14-8-6-13(7-9-14)17(21)11-10-16-12-20(18(23)22-16)15-4-2-1-3-5-15;1-6-3-2-4-7(8)5-6;1-4(2)5(3)6;1-3-2;3*1-2/h1-9,16-17,21H,10-12H2;2-4,7-8H,5H2,1H3;5-6H,1H2,2-3H3;3H,1H2,2H3;2*1-2H3;1-2H. The van der Waals surface area contributed by atoms with Crippen molar-refractivity contribution in [1.82, 2.24) is 0 Å². The first-order valence-electron chi connectivity index (χ1n) is 15.7. The Morgan fingerprint density at radius 2 is 1.59 bits per heavy atom. The normalized spacial score (nSPS) is 16.6. The van der Waals surface area contributed by atoms with E-state index < -0.39 is 6.10 Å². The molecule has 0 bridgehead atoms. The lowest BCUT2D eigenvalue weighted by atomic mass is 10.0. The minimum absolute atomic E-state index is 0.0437. The van der Waals surface area contributed by atoms with E-state index in [0.29, 0.717) is 30.1 Å². The van der Waals surface area contributed by atoms with E-state index in [1.165, 1.54) is 17.7 Å². The van der Waals surface area contributed by atoms with Crippen molar-refractivity contribution in [3.8, 4) is 12.8 Å². The molecule has 1 saturated heterocycles. The second-order valence-electron chi connectivity index (χ2n) is 9.70. The minimum atomic E-state index is -0.626. The van der Waals surface area contributed by atoms with Crippen molar-refractivity contribution in [3.05, 3.63) is 115 Å². The lowest BCUT2D eigenvalue weighted by molar-refractivity contribution is 0.136. The van der Waals surface area contributed by atoms with E-state index in [-0.39, 0.29) is 24.1 Å². The highest BCUT2D eigenvalue weighted by Gasteiger charge is 2.29. The highest BCUT2D eigenvalue weighted by atomic mass is 32.1. The first-order valence-corrected chi connectivity index (χ1v) is 16.1. The first-order chi connectivity index (χ1) is 22.0. The summed E-state index contributed by atoms with van der Waals surface area (Å²) in [6, 6.07) is 15.8. The molecule has 0 amide bonds. The van der Waals surface area contributed by atoms with Gasteiger partial charge in [-0.05, 0) is 89.0 Å². The minimum Gasteiger partial charge on any atom is -0.465 e. The molecule has 1 aliphatic heterocycles. The van der Waals surface area contributed by atoms with Crippen LogP contribution in [0.4, 0.5) is 10.1 Å². The second kappa shape index (κ2) is 30.1. The number of benzene rings is 2. The number of aliphatic hydroxyl groups excluding tert-OH is 3. The lowest BCUT2D eigenvalue weighted by Gasteiger charge is -2.15. The van der Waals surface area contributed by atoms with Crippen LogP contribution in [-0.4, -0.2) is 45.4 Å². The topological polar surface area (TPSA) is 73.2 Å². The van der Waals surface area contributed by atoms with Gasteiger partial charge in [0.15, 0.2) is 0 Å². The molecule has 46 heavy (non-hydrogen) atoms. The zero-order valence-electron chi connectivity index (χ0n) is 29.2. The van der Waals surface area contributed by atoms with Gasteiger partial charge in [0.25, 0.3) is 5.17 Å². The fraction of sp³-hybridized carbons (Fsp3) is 0.410. The van der Waals surface area contributed by atoms with Gasteiger partial charge in [0.2, 0.25) is 0 Å². The molecule has 0 aromatic heterocycles. The van der Waals surface area contributed by atoms with Crippen molar-refractivity contribution in [3.63, 3.8) is 0 Å². The van der Waals surface area contributed by atoms with E-state index in [4.69, 9.17) is 27.2 Å². The maximum atomic E-state index is 12.9. The maximum absolute atomic E-state index is 12.9. The van der Waals surface area contributed by atoms with E-state index in [1.54, 1.807) is 38.1 Å². The van der Waals surface area contributed by atoms with E-state index in [0.717, 1.165) is 17.7 Å². The van der Waals surface area contributed by atoms with Crippen LogP contribution in [0.3, 0.4) is 0 Å². The van der Waals surface area contributed by atoms with Gasteiger partial charge in [-0.25, -0.2) is 4.39 Å². The number of allylic oxidation sites excluding steroid dienone is 3. The Labute approximate surface area is 284 Å². The summed E-state index contributed by atoms with van der Waals surface area (Å²) in [4.78, 5) is 1.96. The number of ether oxygens (including phenoxy) is 1. The molecule has 256 valence electrons. The Balaban J connectivity index is -0.000000661. The summed E-state index contributed by atoms with van der Waals surface area (Å²) in [5, 5.41) is 28.1. The zero-order valence-corrected chi connectivity index (χ0v) is 30.0. The van der Waals surface area contributed by atoms with Gasteiger partial charge in [0, 0.05) is 5.69 Å². The van der Waals surface area contributed by atoms with Gasteiger partial charge in [0.1, 0.15) is 11.9 Å². The van der Waals surface area contributed by atoms with Crippen molar-refractivity contribution in [2.24, 2.45) is 0 Å². The quantitative estimate of drug-likeness (QED) is 0.164. The molecule has 1 fully saturated rings. The molecule has 3 N–H and O–H groups in total. The van der Waals surface area contributed by atoms with Crippen molar-refractivity contribution in [1.29, 1.82) is 0 Å². The Kier molecular flexibility index (Phi) is 30.7. The summed E-state index contributed by atoms with van der Waals surface area (Å²) >= 11 is 5.29. The number of rotatable bonds is 6. The predicted molar refractivity (Wildman–Crippen MR) is 200 cm³/mol. The van der Waals surface area contributed by atoms with Gasteiger partial charge in [-0.1, -0.05) is 100 Å². The number of halogens is 1. The number of hydrogen-bond acceptors (Lipinski definition) is 5. The third-order valence-electron chi connectivity index (χ3n) is 5.92. The van der Waals surface area contributed by atoms with Crippen LogP contribution in [0, 0.1) is 18.7 Å². The highest BCUT2D eigenvalue weighted by Crippen LogP contribution is 2.26. The van der Waals surface area contributed by atoms with Crippen molar-refractivity contribution < 1.29 is 24.4 Å². The highest BCUT2D eigenvalue weighted by molar-refractivity contribution is 7.80. The molecule has 4 unspecified atom stereocenters. The molecule has 4 rings (SSSR count). The van der Waals surface area contributed by atoms with Crippen LogP contribution in [0.2, 0.25) is 0 Å². The molecule has 1 heterocycles. The summed E-state index contributed by atoms with van der Waals surface area (Å²) in [5.74, 6) is -0.302. The number of thiocarbonyl (C=S) groups is 1. The number of hydrogen-bond donors (Lipinski definition) is 3. The van der Waals surface area contributed by atoms with Crippen LogP contribution >= 0.6 is 12.2 Å². The van der Waals surface area contributed by atoms with Gasteiger partial charge >= 0.3 is 0 Å². The molecular weight excluding hydrogens is 597 g/mol. The van der Waals surface area contributed by atoms with Crippen molar-refractivity contribution in [2.75, 3.05) is 11.4 Å². The van der Waals surface area contributed by atoms with Crippen LogP contribution in [0.25, 0.3) is 0 Å². The molecule has 5 nitrogen and oxygen atoms in total. The largest absolute Gasteiger partial charge is 0.465 e. The number of terminal acetylenes is 1. The third kappa shape index (κ3) is 22.0. The Bertz CT molecular complexity index is 1140. The summed E-state index contributed by atoms with van der Waals surface area (Å²) in [6.45, 7) is 22.9. The number of aliphatic hydroxyl groups is 3. The van der Waals surface area contributed by atoms with Gasteiger partial charge < -0.3 is 20.1 Å². The molecule has 2 aromatic rings. The Morgan fingerprint density at radius 1 is 1.09 bits per heavy atom. The number of nitrogens with zero attached hydrogens (tertiary/aromatic N) is 1. The average molecular weight is 656 g/mol. The van der Waals surface area contributed by atoms with Crippen molar-refractivity contribution >= 4 is 23.1 Å². The number of para-hydroxylation sites is 1. The van der Waals surface area contributed by atoms with E-state index in [9.17, 15) is 9.50 Å². The monoisotopic (exact) mass is 655 g/mol. The zero-order chi connectivity index (χ0) is 36.1. The average Bonchev–Trinajstić information content (AvgIpc) is 3.44. The molecule has 2 aliphatic rings. The fourth-order valence-electron chi connectivity index (χ4n) is 3.50. The third-order valence-corrected chi connectivity index (χ3v) is 6.23. The van der Waals surface area contributed by atoms with Crippen LogP contribution in [0.15, 0.2) is 103 Å². The van der Waals surface area contributed by atoms with Crippen LogP contribution in [0.1, 0.15) is 86.3 Å². The fourth-order valence-corrected chi connectivity index (χ4v) is 3.82. The SMILES string of the molecule is C#C.C=C(C)C(C)O.C=CC.CC.CC.CC1=CC=CC(O)C1.OC(CCC1CN(c2ccccc2)C(=S)O1)c1ccc(F)cc1.